The Balaban J connectivity index is 1.89. The van der Waals surface area contributed by atoms with Crippen LogP contribution in [0.3, 0.4) is 0 Å². The predicted molar refractivity (Wildman–Crippen MR) is 94.1 cm³/mol. The van der Waals surface area contributed by atoms with E-state index in [1.54, 1.807) is 0 Å². The molecule has 0 fully saturated rings. The van der Waals surface area contributed by atoms with Gasteiger partial charge in [-0.15, -0.1) is 0 Å². The summed E-state index contributed by atoms with van der Waals surface area (Å²) in [5.41, 5.74) is 2.54. The van der Waals surface area contributed by atoms with Gasteiger partial charge in [0.1, 0.15) is 0 Å². The molecule has 126 valence electrons. The van der Waals surface area contributed by atoms with Gasteiger partial charge in [0.05, 0.1) is 21.5 Å². The van der Waals surface area contributed by atoms with Gasteiger partial charge in [-0.25, -0.2) is 8.42 Å². The molecule has 4 nitrogen and oxygen atoms in total. The Labute approximate surface area is 146 Å². The number of rotatable bonds is 3. The van der Waals surface area contributed by atoms with E-state index in [-0.39, 0.29) is 27.4 Å². The maximum Gasteiger partial charge on any atom is 0.253 e. The number of halogens is 1. The quantitative estimate of drug-likeness (QED) is 0.907. The van der Waals surface area contributed by atoms with Crippen LogP contribution in [0.25, 0.3) is 0 Å². The van der Waals surface area contributed by atoms with Gasteiger partial charge in [0.25, 0.3) is 5.91 Å². The lowest BCUT2D eigenvalue weighted by Crippen LogP contribution is -2.31. The first-order chi connectivity index (χ1) is 11.4. The van der Waals surface area contributed by atoms with Gasteiger partial charge in [0, 0.05) is 6.26 Å². The third-order valence-electron chi connectivity index (χ3n) is 4.29. The number of amides is 1. The monoisotopic (exact) mass is 363 g/mol. The van der Waals surface area contributed by atoms with Crippen LogP contribution in [0.5, 0.6) is 0 Å². The summed E-state index contributed by atoms with van der Waals surface area (Å²) in [5.74, 6) is -0.354. The van der Waals surface area contributed by atoms with Gasteiger partial charge in [-0.2, -0.15) is 0 Å². The van der Waals surface area contributed by atoms with Crippen molar-refractivity contribution in [3.8, 4) is 0 Å². The summed E-state index contributed by atoms with van der Waals surface area (Å²) in [6.07, 6.45) is 3.97. The van der Waals surface area contributed by atoms with Gasteiger partial charge < -0.3 is 5.32 Å². The average Bonchev–Trinajstić information content (AvgIpc) is 2.54. The molecule has 1 N–H and O–H groups in total. The van der Waals surface area contributed by atoms with E-state index in [4.69, 9.17) is 11.6 Å². The number of benzene rings is 2. The molecule has 24 heavy (non-hydrogen) atoms. The molecule has 0 aromatic heterocycles. The van der Waals surface area contributed by atoms with Crippen LogP contribution in [0.1, 0.15) is 40.4 Å². The molecule has 0 aliphatic heterocycles. The highest BCUT2D eigenvalue weighted by molar-refractivity contribution is 7.90. The molecule has 0 radical (unpaired) electrons. The zero-order valence-electron chi connectivity index (χ0n) is 13.3. The molecule has 1 aliphatic carbocycles. The average molecular weight is 364 g/mol. The Hall–Kier alpha value is -1.85. The van der Waals surface area contributed by atoms with Crippen LogP contribution in [0.4, 0.5) is 0 Å². The predicted octanol–water partition coefficient (Wildman–Crippen LogP) is 3.55. The second kappa shape index (κ2) is 6.57. The molecule has 1 aliphatic rings. The topological polar surface area (TPSA) is 63.2 Å². The van der Waals surface area contributed by atoms with Crippen molar-refractivity contribution in [2.75, 3.05) is 6.26 Å². The van der Waals surface area contributed by atoms with Crippen molar-refractivity contribution >= 4 is 27.3 Å². The lowest BCUT2D eigenvalue weighted by atomic mass is 9.87. The molecule has 0 spiro atoms. The summed E-state index contributed by atoms with van der Waals surface area (Å²) in [6, 6.07) is 12.2. The van der Waals surface area contributed by atoms with Crippen molar-refractivity contribution in [2.45, 2.75) is 30.2 Å². The van der Waals surface area contributed by atoms with E-state index >= 15 is 0 Å². The fraction of sp³-hybridized carbons (Fsp3) is 0.278. The van der Waals surface area contributed by atoms with E-state index in [1.807, 2.05) is 18.2 Å². The zero-order valence-corrected chi connectivity index (χ0v) is 14.8. The second-order valence-corrected chi connectivity index (χ2v) is 8.45. The normalized spacial score (nSPS) is 17.2. The third kappa shape index (κ3) is 3.47. The van der Waals surface area contributed by atoms with Crippen LogP contribution in [-0.4, -0.2) is 20.6 Å². The molecular weight excluding hydrogens is 346 g/mol. The first-order valence-electron chi connectivity index (χ1n) is 7.74. The summed E-state index contributed by atoms with van der Waals surface area (Å²) >= 11 is 6.10. The molecule has 0 saturated heterocycles. The highest BCUT2D eigenvalue weighted by Crippen LogP contribution is 2.30. The minimum Gasteiger partial charge on any atom is -0.345 e. The van der Waals surface area contributed by atoms with E-state index in [0.717, 1.165) is 31.1 Å². The van der Waals surface area contributed by atoms with Crippen LogP contribution in [0, 0.1) is 0 Å². The summed E-state index contributed by atoms with van der Waals surface area (Å²) in [6.45, 7) is 0. The van der Waals surface area contributed by atoms with Gasteiger partial charge in [-0.3, -0.25) is 4.79 Å². The number of nitrogens with one attached hydrogen (secondary N) is 1. The van der Waals surface area contributed by atoms with Crippen molar-refractivity contribution in [3.05, 3.63) is 64.2 Å². The van der Waals surface area contributed by atoms with Crippen LogP contribution < -0.4 is 5.32 Å². The van der Waals surface area contributed by atoms with Gasteiger partial charge in [-0.05, 0) is 48.6 Å². The molecule has 0 saturated carbocycles. The molecule has 1 atom stereocenters. The molecule has 2 aromatic rings. The van der Waals surface area contributed by atoms with Gasteiger partial charge in [0.15, 0.2) is 9.84 Å². The molecular formula is C18H18ClNO3S. The van der Waals surface area contributed by atoms with Crippen molar-refractivity contribution in [2.24, 2.45) is 0 Å². The highest BCUT2D eigenvalue weighted by Gasteiger charge is 2.23. The van der Waals surface area contributed by atoms with Crippen molar-refractivity contribution < 1.29 is 13.2 Å². The molecule has 0 heterocycles. The first-order valence-corrected chi connectivity index (χ1v) is 10.0. The lowest BCUT2D eigenvalue weighted by molar-refractivity contribution is 0.0932. The van der Waals surface area contributed by atoms with Crippen LogP contribution in [0.2, 0.25) is 5.02 Å². The van der Waals surface area contributed by atoms with Crippen molar-refractivity contribution in [1.82, 2.24) is 5.32 Å². The molecule has 3 rings (SSSR count). The minimum atomic E-state index is -3.40. The van der Waals surface area contributed by atoms with E-state index in [9.17, 15) is 13.2 Å². The fourth-order valence-corrected chi connectivity index (χ4v) is 3.90. The standard InChI is InChI=1S/C18H18ClNO3S/c1-24(22,23)13-9-10-16(19)15(11-13)18(21)20-17-8-4-6-12-5-2-3-7-14(12)17/h2-3,5,7,9-11,17H,4,6,8H2,1H3,(H,20,21). The Morgan fingerprint density at radius 2 is 1.96 bits per heavy atom. The lowest BCUT2D eigenvalue weighted by Gasteiger charge is -2.26. The van der Waals surface area contributed by atoms with E-state index in [0.29, 0.717) is 0 Å². The number of carbonyl (C=O) groups excluding carboxylic acids is 1. The van der Waals surface area contributed by atoms with E-state index in [2.05, 4.69) is 11.4 Å². The van der Waals surface area contributed by atoms with Gasteiger partial charge in [-0.1, -0.05) is 35.9 Å². The van der Waals surface area contributed by atoms with Crippen LogP contribution in [0.15, 0.2) is 47.4 Å². The summed E-state index contributed by atoms with van der Waals surface area (Å²) in [4.78, 5) is 12.7. The Kier molecular flexibility index (Phi) is 4.65. The number of carbonyl (C=O) groups is 1. The molecule has 0 bridgehead atoms. The van der Waals surface area contributed by atoms with Gasteiger partial charge in [0.2, 0.25) is 0 Å². The minimum absolute atomic E-state index is 0.0830. The number of hydrogen-bond acceptors (Lipinski definition) is 3. The number of fused-ring (bicyclic) bond motifs is 1. The molecule has 2 aromatic carbocycles. The largest absolute Gasteiger partial charge is 0.345 e. The molecule has 1 amide bonds. The Morgan fingerprint density at radius 1 is 1.21 bits per heavy atom. The SMILES string of the molecule is CS(=O)(=O)c1ccc(Cl)c(C(=O)NC2CCCc3ccccc32)c1. The van der Waals surface area contributed by atoms with E-state index in [1.165, 1.54) is 23.8 Å². The third-order valence-corrected chi connectivity index (χ3v) is 5.73. The highest BCUT2D eigenvalue weighted by atomic mass is 35.5. The first kappa shape index (κ1) is 17.0. The Morgan fingerprint density at radius 3 is 2.71 bits per heavy atom. The summed E-state index contributed by atoms with van der Waals surface area (Å²) in [7, 11) is -3.40. The fourth-order valence-electron chi connectivity index (χ4n) is 3.05. The summed E-state index contributed by atoms with van der Waals surface area (Å²) < 4.78 is 23.4. The van der Waals surface area contributed by atoms with E-state index < -0.39 is 9.84 Å². The van der Waals surface area contributed by atoms with Crippen LogP contribution >= 0.6 is 11.6 Å². The second-order valence-electron chi connectivity index (χ2n) is 6.03. The Bertz CT molecular complexity index is 893. The number of hydrogen-bond donors (Lipinski definition) is 1. The van der Waals surface area contributed by atoms with Crippen LogP contribution in [-0.2, 0) is 16.3 Å². The molecule has 6 heteroatoms. The number of aryl methyl sites for hydroxylation is 1. The van der Waals surface area contributed by atoms with Crippen molar-refractivity contribution in [1.29, 1.82) is 0 Å². The maximum absolute atomic E-state index is 12.6. The number of sulfone groups is 1. The smallest absolute Gasteiger partial charge is 0.253 e. The zero-order chi connectivity index (χ0) is 17.3. The summed E-state index contributed by atoms with van der Waals surface area (Å²) in [5, 5.41) is 3.23. The van der Waals surface area contributed by atoms with Gasteiger partial charge >= 0.3 is 0 Å². The van der Waals surface area contributed by atoms with Crippen molar-refractivity contribution in [3.63, 3.8) is 0 Å². The molecule has 1 unspecified atom stereocenters. The maximum atomic E-state index is 12.6.